The van der Waals surface area contributed by atoms with Crippen molar-refractivity contribution in [3.05, 3.63) is 53.1 Å². The van der Waals surface area contributed by atoms with E-state index >= 15 is 0 Å². The smallest absolute Gasteiger partial charge is 0.231 e. The van der Waals surface area contributed by atoms with Gasteiger partial charge in [0.15, 0.2) is 11.5 Å². The van der Waals surface area contributed by atoms with Gasteiger partial charge in [-0.1, -0.05) is 12.1 Å². The molecule has 1 fully saturated rings. The monoisotopic (exact) mass is 398 g/mol. The van der Waals surface area contributed by atoms with E-state index in [2.05, 4.69) is 41.8 Å². The second-order valence-electron chi connectivity index (χ2n) is 7.98. The number of hydrogen-bond acceptors (Lipinski definition) is 6. The molecule has 0 radical (unpaired) electrons. The quantitative estimate of drug-likeness (QED) is 0.774. The Kier molecular flexibility index (Phi) is 6.23. The summed E-state index contributed by atoms with van der Waals surface area (Å²) >= 11 is 0. The van der Waals surface area contributed by atoms with Gasteiger partial charge in [0.2, 0.25) is 6.79 Å². The van der Waals surface area contributed by atoms with Crippen LogP contribution in [0.15, 0.2) is 36.4 Å². The van der Waals surface area contributed by atoms with Crippen LogP contribution in [0.2, 0.25) is 0 Å². The number of nitrogens with zero attached hydrogens (tertiary/aromatic N) is 2. The van der Waals surface area contributed by atoms with Crippen molar-refractivity contribution in [3.63, 3.8) is 0 Å². The van der Waals surface area contributed by atoms with E-state index in [0.717, 1.165) is 50.0 Å². The molecule has 0 bridgehead atoms. The van der Waals surface area contributed by atoms with Crippen LogP contribution < -0.4 is 14.2 Å². The third-order valence-electron chi connectivity index (χ3n) is 5.70. The Bertz CT molecular complexity index is 834. The van der Waals surface area contributed by atoms with Gasteiger partial charge in [0, 0.05) is 39.3 Å². The zero-order valence-electron chi connectivity index (χ0n) is 17.3. The van der Waals surface area contributed by atoms with Gasteiger partial charge in [0.1, 0.15) is 18.5 Å². The molecular formula is C23H30N2O4. The molecular weight excluding hydrogens is 368 g/mol. The molecule has 0 spiro atoms. The summed E-state index contributed by atoms with van der Waals surface area (Å²) in [6, 6.07) is 12.2. The van der Waals surface area contributed by atoms with Crippen LogP contribution in [-0.4, -0.2) is 67.1 Å². The summed E-state index contributed by atoms with van der Waals surface area (Å²) in [4.78, 5) is 4.75. The van der Waals surface area contributed by atoms with Gasteiger partial charge in [0.25, 0.3) is 0 Å². The van der Waals surface area contributed by atoms with Gasteiger partial charge < -0.3 is 19.3 Å². The summed E-state index contributed by atoms with van der Waals surface area (Å²) < 4.78 is 16.6. The number of aliphatic hydroxyl groups excluding tert-OH is 1. The van der Waals surface area contributed by atoms with Gasteiger partial charge in [-0.3, -0.25) is 9.80 Å². The largest absolute Gasteiger partial charge is 0.491 e. The maximum atomic E-state index is 10.4. The van der Waals surface area contributed by atoms with Gasteiger partial charge >= 0.3 is 0 Å². The molecule has 0 unspecified atom stereocenters. The molecule has 0 saturated carbocycles. The highest BCUT2D eigenvalue weighted by Crippen LogP contribution is 2.32. The normalized spacial score (nSPS) is 18.0. The Hall–Kier alpha value is -2.28. The first-order valence-electron chi connectivity index (χ1n) is 10.3. The highest BCUT2D eigenvalue weighted by atomic mass is 16.7. The predicted molar refractivity (Wildman–Crippen MR) is 112 cm³/mol. The number of aliphatic hydroxyl groups is 1. The minimum atomic E-state index is -0.489. The maximum absolute atomic E-state index is 10.4. The van der Waals surface area contributed by atoms with E-state index < -0.39 is 6.10 Å². The van der Waals surface area contributed by atoms with E-state index in [1.54, 1.807) is 0 Å². The standard InChI is InChI=1S/C23H30N2O4/c1-17-3-5-21(11-18(17)2)27-15-20(26)14-25-9-7-24(8-10-25)13-19-4-6-22-23(12-19)29-16-28-22/h3-6,11-12,20,26H,7-10,13-16H2,1-2H3/t20-/m0/s1. The van der Waals surface area contributed by atoms with Gasteiger partial charge in [-0.2, -0.15) is 0 Å². The van der Waals surface area contributed by atoms with Crippen molar-refractivity contribution in [2.45, 2.75) is 26.5 Å². The molecule has 29 heavy (non-hydrogen) atoms. The van der Waals surface area contributed by atoms with Crippen molar-refractivity contribution in [1.82, 2.24) is 9.80 Å². The molecule has 0 aromatic heterocycles. The third kappa shape index (κ3) is 5.21. The number of piperazine rings is 1. The number of fused-ring (bicyclic) bond motifs is 1. The lowest BCUT2D eigenvalue weighted by Gasteiger charge is -2.35. The zero-order chi connectivity index (χ0) is 20.2. The number of hydrogen-bond donors (Lipinski definition) is 1. The summed E-state index contributed by atoms with van der Waals surface area (Å²) in [6.07, 6.45) is -0.489. The van der Waals surface area contributed by atoms with Crippen LogP contribution >= 0.6 is 0 Å². The fraction of sp³-hybridized carbons (Fsp3) is 0.478. The van der Waals surface area contributed by atoms with Crippen LogP contribution in [0.25, 0.3) is 0 Å². The molecule has 2 aromatic rings. The maximum Gasteiger partial charge on any atom is 0.231 e. The Morgan fingerprint density at radius 2 is 1.69 bits per heavy atom. The first-order chi connectivity index (χ1) is 14.1. The molecule has 6 heteroatoms. The summed E-state index contributed by atoms with van der Waals surface area (Å²) in [7, 11) is 0. The Morgan fingerprint density at radius 3 is 2.48 bits per heavy atom. The first-order valence-corrected chi connectivity index (χ1v) is 10.3. The summed E-state index contributed by atoms with van der Waals surface area (Å²) in [5.41, 5.74) is 3.69. The molecule has 0 amide bonds. The van der Waals surface area contributed by atoms with Gasteiger partial charge in [-0.05, 0) is 54.8 Å². The lowest BCUT2D eigenvalue weighted by Crippen LogP contribution is -2.48. The van der Waals surface area contributed by atoms with Crippen LogP contribution in [0.3, 0.4) is 0 Å². The molecule has 1 N–H and O–H groups in total. The molecule has 156 valence electrons. The summed E-state index contributed by atoms with van der Waals surface area (Å²) in [5.74, 6) is 2.49. The second-order valence-corrected chi connectivity index (χ2v) is 7.98. The van der Waals surface area contributed by atoms with E-state index in [1.807, 2.05) is 18.2 Å². The molecule has 0 aliphatic carbocycles. The van der Waals surface area contributed by atoms with E-state index in [4.69, 9.17) is 14.2 Å². The Balaban J connectivity index is 1.19. The first kappa shape index (κ1) is 20.0. The van der Waals surface area contributed by atoms with E-state index in [0.29, 0.717) is 19.9 Å². The van der Waals surface area contributed by atoms with Crippen molar-refractivity contribution < 1.29 is 19.3 Å². The third-order valence-corrected chi connectivity index (χ3v) is 5.70. The van der Waals surface area contributed by atoms with E-state index in [9.17, 15) is 5.11 Å². The van der Waals surface area contributed by atoms with Crippen molar-refractivity contribution in [2.75, 3.05) is 46.1 Å². The van der Waals surface area contributed by atoms with E-state index in [-0.39, 0.29) is 0 Å². The predicted octanol–water partition coefficient (Wildman–Crippen LogP) is 2.59. The molecule has 2 heterocycles. The number of β-amino-alcohol motifs (C(OH)–C–C–N with tert-alkyl or cyclic N) is 1. The molecule has 4 rings (SSSR count). The lowest BCUT2D eigenvalue weighted by atomic mass is 10.1. The van der Waals surface area contributed by atoms with Crippen LogP contribution in [0.1, 0.15) is 16.7 Å². The molecule has 6 nitrogen and oxygen atoms in total. The van der Waals surface area contributed by atoms with Gasteiger partial charge in [0.05, 0.1) is 0 Å². The summed E-state index contributed by atoms with van der Waals surface area (Å²) in [6.45, 7) is 10.2. The van der Waals surface area contributed by atoms with Crippen molar-refractivity contribution in [3.8, 4) is 17.2 Å². The van der Waals surface area contributed by atoms with Gasteiger partial charge in [-0.15, -0.1) is 0 Å². The van der Waals surface area contributed by atoms with Gasteiger partial charge in [-0.25, -0.2) is 0 Å². The number of rotatable bonds is 7. The SMILES string of the molecule is Cc1ccc(OC[C@@H](O)CN2CCN(Cc3ccc4c(c3)OCO4)CC2)cc1C. The number of aryl methyl sites for hydroxylation is 2. The molecule has 1 atom stereocenters. The number of benzene rings is 2. The van der Waals surface area contributed by atoms with Crippen molar-refractivity contribution in [1.29, 1.82) is 0 Å². The minimum Gasteiger partial charge on any atom is -0.491 e. The molecule has 2 aliphatic heterocycles. The topological polar surface area (TPSA) is 54.4 Å². The average molecular weight is 399 g/mol. The summed E-state index contributed by atoms with van der Waals surface area (Å²) in [5, 5.41) is 10.4. The molecule has 1 saturated heterocycles. The lowest BCUT2D eigenvalue weighted by molar-refractivity contribution is 0.0446. The second kappa shape index (κ2) is 9.03. The molecule has 2 aromatic carbocycles. The molecule has 2 aliphatic rings. The van der Waals surface area contributed by atoms with E-state index in [1.165, 1.54) is 16.7 Å². The van der Waals surface area contributed by atoms with Crippen molar-refractivity contribution >= 4 is 0 Å². The Labute approximate surface area is 172 Å². The van der Waals surface area contributed by atoms with Crippen LogP contribution in [0.5, 0.6) is 17.2 Å². The highest BCUT2D eigenvalue weighted by Gasteiger charge is 2.21. The Morgan fingerprint density at radius 1 is 0.931 bits per heavy atom. The van der Waals surface area contributed by atoms with Crippen LogP contribution in [0.4, 0.5) is 0 Å². The zero-order valence-corrected chi connectivity index (χ0v) is 17.3. The fourth-order valence-electron chi connectivity index (χ4n) is 3.77. The number of ether oxygens (including phenoxy) is 3. The minimum absolute atomic E-state index is 0.313. The van der Waals surface area contributed by atoms with Crippen molar-refractivity contribution in [2.24, 2.45) is 0 Å². The van der Waals surface area contributed by atoms with Crippen LogP contribution in [0, 0.1) is 13.8 Å². The fourth-order valence-corrected chi connectivity index (χ4v) is 3.77. The average Bonchev–Trinajstić information content (AvgIpc) is 3.18. The highest BCUT2D eigenvalue weighted by molar-refractivity contribution is 5.44. The van der Waals surface area contributed by atoms with Crippen LogP contribution in [-0.2, 0) is 6.54 Å².